The molecule has 29 heavy (non-hydrogen) atoms. The van der Waals surface area contributed by atoms with Crippen molar-refractivity contribution in [2.75, 3.05) is 4.90 Å². The highest BCUT2D eigenvalue weighted by molar-refractivity contribution is 9.10. The topological polar surface area (TPSA) is 150 Å². The number of urea groups is 1. The zero-order chi connectivity index (χ0) is 21.5. The van der Waals surface area contributed by atoms with Crippen LogP contribution in [-0.2, 0) is 9.59 Å². The maximum absolute atomic E-state index is 12.8. The minimum atomic E-state index is -1.03. The summed E-state index contributed by atoms with van der Waals surface area (Å²) in [7, 11) is 0. The average molecular weight is 462 g/mol. The minimum absolute atomic E-state index is 0.201. The van der Waals surface area contributed by atoms with Gasteiger partial charge in [-0.25, -0.2) is 9.69 Å². The number of phenolic OH excluding ortho intramolecular Hbond substituents is 2. The molecule has 0 atom stereocenters. The van der Waals surface area contributed by atoms with E-state index in [-0.39, 0.29) is 11.3 Å². The van der Waals surface area contributed by atoms with Gasteiger partial charge in [-0.05, 0) is 36.8 Å². The summed E-state index contributed by atoms with van der Waals surface area (Å²) in [5.41, 5.74) is -0.575. The molecule has 2 aromatic rings. The van der Waals surface area contributed by atoms with E-state index in [4.69, 9.17) is 0 Å². The van der Waals surface area contributed by atoms with E-state index in [0.29, 0.717) is 0 Å². The summed E-state index contributed by atoms with van der Waals surface area (Å²) < 4.78 is 0.749. The first-order valence-electron chi connectivity index (χ1n) is 7.98. The molecular weight excluding hydrogens is 450 g/mol. The lowest BCUT2D eigenvalue weighted by Crippen LogP contribution is -2.54. The number of phenols is 2. The van der Waals surface area contributed by atoms with Gasteiger partial charge in [0.25, 0.3) is 11.8 Å². The molecule has 10 nitrogen and oxygen atoms in total. The number of amides is 4. The molecule has 1 aliphatic heterocycles. The van der Waals surface area contributed by atoms with Crippen molar-refractivity contribution in [3.05, 3.63) is 61.6 Å². The number of nitro groups is 1. The van der Waals surface area contributed by atoms with Crippen LogP contribution >= 0.6 is 15.9 Å². The standard InChI is InChI=1S/C18H12BrN3O7/c1-8-4-10(2-3-12(8)19)21-17(26)11(16(25)20-18(21)27)5-9-6-13(22(28)29)15(24)7-14(9)23/h2-7,23-24H,1H3,(H,20,25,27)/b11-5+. The van der Waals surface area contributed by atoms with Crippen molar-refractivity contribution in [3.8, 4) is 11.5 Å². The molecule has 0 spiro atoms. The Morgan fingerprint density at radius 2 is 1.83 bits per heavy atom. The fourth-order valence-electron chi connectivity index (χ4n) is 2.66. The molecular formula is C18H12BrN3O7. The third kappa shape index (κ3) is 3.67. The Morgan fingerprint density at radius 1 is 1.14 bits per heavy atom. The fourth-order valence-corrected chi connectivity index (χ4v) is 2.91. The number of benzene rings is 2. The number of rotatable bonds is 3. The number of imide groups is 2. The molecule has 0 aliphatic carbocycles. The molecule has 1 saturated heterocycles. The highest BCUT2D eigenvalue weighted by Crippen LogP contribution is 2.35. The normalized spacial score (nSPS) is 15.6. The number of barbiturate groups is 1. The molecule has 0 aromatic heterocycles. The Balaban J connectivity index is 2.09. The Morgan fingerprint density at radius 3 is 2.45 bits per heavy atom. The molecule has 1 fully saturated rings. The van der Waals surface area contributed by atoms with Crippen molar-refractivity contribution < 1.29 is 29.5 Å². The van der Waals surface area contributed by atoms with Crippen LogP contribution in [0.15, 0.2) is 40.4 Å². The van der Waals surface area contributed by atoms with Crippen molar-refractivity contribution in [2.45, 2.75) is 6.92 Å². The van der Waals surface area contributed by atoms with E-state index in [1.54, 1.807) is 19.1 Å². The van der Waals surface area contributed by atoms with Crippen molar-refractivity contribution in [1.82, 2.24) is 5.32 Å². The van der Waals surface area contributed by atoms with Gasteiger partial charge in [-0.3, -0.25) is 25.0 Å². The van der Waals surface area contributed by atoms with Crippen LogP contribution in [-0.4, -0.2) is 33.0 Å². The van der Waals surface area contributed by atoms with Crippen LogP contribution < -0.4 is 10.2 Å². The Bertz CT molecular complexity index is 1130. The summed E-state index contributed by atoms with van der Waals surface area (Å²) in [6, 6.07) is 5.24. The number of carbonyl (C=O) groups excluding carboxylic acids is 3. The van der Waals surface area contributed by atoms with Gasteiger partial charge in [0, 0.05) is 22.2 Å². The van der Waals surface area contributed by atoms with Gasteiger partial charge < -0.3 is 10.2 Å². The molecule has 2 aromatic carbocycles. The maximum atomic E-state index is 12.8. The first kappa shape index (κ1) is 20.0. The zero-order valence-electron chi connectivity index (χ0n) is 14.7. The van der Waals surface area contributed by atoms with Crippen molar-refractivity contribution in [3.63, 3.8) is 0 Å². The van der Waals surface area contributed by atoms with Crippen LogP contribution in [0.3, 0.4) is 0 Å². The summed E-state index contributed by atoms with van der Waals surface area (Å²) in [6.45, 7) is 1.75. The number of nitrogens with zero attached hydrogens (tertiary/aromatic N) is 2. The predicted molar refractivity (Wildman–Crippen MR) is 104 cm³/mol. The third-order valence-electron chi connectivity index (χ3n) is 4.12. The van der Waals surface area contributed by atoms with Gasteiger partial charge in [0.2, 0.25) is 0 Å². The highest BCUT2D eigenvalue weighted by atomic mass is 79.9. The number of nitrogens with one attached hydrogen (secondary N) is 1. The molecule has 0 unspecified atom stereocenters. The van der Waals surface area contributed by atoms with Gasteiger partial charge >= 0.3 is 11.7 Å². The van der Waals surface area contributed by atoms with Crippen molar-refractivity contribution in [2.24, 2.45) is 0 Å². The minimum Gasteiger partial charge on any atom is -0.507 e. The molecule has 0 saturated carbocycles. The fraction of sp³-hybridized carbons (Fsp3) is 0.0556. The van der Waals surface area contributed by atoms with Gasteiger partial charge in [0.05, 0.1) is 10.6 Å². The number of hydrogen-bond acceptors (Lipinski definition) is 7. The smallest absolute Gasteiger partial charge is 0.335 e. The lowest BCUT2D eigenvalue weighted by molar-refractivity contribution is -0.385. The van der Waals surface area contributed by atoms with Gasteiger partial charge in [-0.15, -0.1) is 0 Å². The third-order valence-corrected chi connectivity index (χ3v) is 5.01. The van der Waals surface area contributed by atoms with Crippen molar-refractivity contribution in [1.29, 1.82) is 0 Å². The predicted octanol–water partition coefficient (Wildman–Crippen LogP) is 2.74. The molecule has 3 rings (SSSR count). The van der Waals surface area contributed by atoms with Gasteiger partial charge in [-0.1, -0.05) is 15.9 Å². The van der Waals surface area contributed by atoms with E-state index in [2.05, 4.69) is 15.9 Å². The second kappa shape index (κ2) is 7.36. The first-order chi connectivity index (χ1) is 13.6. The van der Waals surface area contributed by atoms with Crippen molar-refractivity contribution >= 4 is 51.2 Å². The molecule has 1 aliphatic rings. The number of halogens is 1. The molecule has 0 radical (unpaired) electrons. The number of hydrogen-bond donors (Lipinski definition) is 3. The maximum Gasteiger partial charge on any atom is 0.335 e. The monoisotopic (exact) mass is 461 g/mol. The number of nitro benzene ring substituents is 1. The van der Waals surface area contributed by atoms with Crippen LogP contribution in [0.5, 0.6) is 11.5 Å². The molecule has 1 heterocycles. The number of carbonyl (C=O) groups is 3. The van der Waals surface area contributed by atoms with E-state index in [1.807, 2.05) is 5.32 Å². The van der Waals surface area contributed by atoms with E-state index in [9.17, 15) is 34.7 Å². The zero-order valence-corrected chi connectivity index (χ0v) is 16.3. The van der Waals surface area contributed by atoms with Crippen LogP contribution in [0.2, 0.25) is 0 Å². The van der Waals surface area contributed by atoms with E-state index < -0.39 is 45.5 Å². The lowest BCUT2D eigenvalue weighted by atomic mass is 10.0. The largest absolute Gasteiger partial charge is 0.507 e. The molecule has 3 N–H and O–H groups in total. The molecule has 0 bridgehead atoms. The molecule has 4 amide bonds. The second-order valence-corrected chi connectivity index (χ2v) is 6.90. The van der Waals surface area contributed by atoms with Gasteiger partial charge in [-0.2, -0.15) is 0 Å². The van der Waals surface area contributed by atoms with Crippen LogP contribution in [0, 0.1) is 17.0 Å². The Hall–Kier alpha value is -3.73. The highest BCUT2D eigenvalue weighted by Gasteiger charge is 2.37. The van der Waals surface area contributed by atoms with E-state index in [0.717, 1.165) is 33.1 Å². The number of aromatic hydroxyl groups is 2. The van der Waals surface area contributed by atoms with E-state index >= 15 is 0 Å². The molecule has 148 valence electrons. The van der Waals surface area contributed by atoms with Crippen LogP contribution in [0.1, 0.15) is 11.1 Å². The summed E-state index contributed by atoms with van der Waals surface area (Å²) in [5.74, 6) is -3.38. The van der Waals surface area contributed by atoms with E-state index in [1.165, 1.54) is 6.07 Å². The summed E-state index contributed by atoms with van der Waals surface area (Å²) in [5, 5.41) is 32.5. The SMILES string of the molecule is Cc1cc(N2C(=O)NC(=O)/C(=C\c3cc([N+](=O)[O-])c(O)cc3O)C2=O)ccc1Br. The summed E-state index contributed by atoms with van der Waals surface area (Å²) in [4.78, 5) is 48.1. The summed E-state index contributed by atoms with van der Waals surface area (Å²) in [6.07, 6.45) is 0.907. The first-order valence-corrected chi connectivity index (χ1v) is 8.77. The lowest BCUT2D eigenvalue weighted by Gasteiger charge is -2.26. The summed E-state index contributed by atoms with van der Waals surface area (Å²) >= 11 is 3.31. The Kier molecular flexibility index (Phi) is 5.08. The van der Waals surface area contributed by atoms with Crippen LogP contribution in [0.4, 0.5) is 16.2 Å². The van der Waals surface area contributed by atoms with Gasteiger partial charge in [0.15, 0.2) is 5.75 Å². The van der Waals surface area contributed by atoms with Gasteiger partial charge in [0.1, 0.15) is 11.3 Å². The number of aryl methyl sites for hydroxylation is 1. The Labute approximate surface area is 171 Å². The number of anilines is 1. The van der Waals surface area contributed by atoms with Crippen LogP contribution in [0.25, 0.3) is 6.08 Å². The quantitative estimate of drug-likeness (QED) is 0.275. The second-order valence-electron chi connectivity index (χ2n) is 6.05. The molecule has 11 heteroatoms. The average Bonchev–Trinajstić information content (AvgIpc) is 2.62.